The second-order valence-corrected chi connectivity index (χ2v) is 4.59. The minimum atomic E-state index is -0.985. The molecule has 1 aromatic heterocycles. The van der Waals surface area contributed by atoms with Gasteiger partial charge in [0.05, 0.1) is 16.6 Å². The number of hydrogen-bond acceptors (Lipinski definition) is 2. The number of aromatic amines is 1. The van der Waals surface area contributed by atoms with Crippen molar-refractivity contribution in [1.82, 2.24) is 9.97 Å². The SMILES string of the molecule is Cc1cc(-c2nc3ccc(C(=O)O)cc3[nH]2)ccc1F. The number of imidazole rings is 1. The van der Waals surface area contributed by atoms with Crippen molar-refractivity contribution in [3.05, 3.63) is 53.3 Å². The molecule has 3 aromatic rings. The second-order valence-electron chi connectivity index (χ2n) is 4.59. The van der Waals surface area contributed by atoms with Gasteiger partial charge in [-0.1, -0.05) is 0 Å². The minimum Gasteiger partial charge on any atom is -0.478 e. The number of carboxylic acid groups (broad SMARTS) is 1. The number of carboxylic acids is 1. The highest BCUT2D eigenvalue weighted by molar-refractivity contribution is 5.93. The van der Waals surface area contributed by atoms with Crippen molar-refractivity contribution in [3.63, 3.8) is 0 Å². The number of hydrogen-bond donors (Lipinski definition) is 2. The number of aromatic nitrogens is 2. The van der Waals surface area contributed by atoms with Crippen molar-refractivity contribution in [2.75, 3.05) is 0 Å². The highest BCUT2D eigenvalue weighted by atomic mass is 19.1. The lowest BCUT2D eigenvalue weighted by Crippen LogP contribution is -1.94. The van der Waals surface area contributed by atoms with E-state index < -0.39 is 5.97 Å². The van der Waals surface area contributed by atoms with E-state index in [1.165, 1.54) is 18.2 Å². The molecule has 0 unspecified atom stereocenters. The lowest BCUT2D eigenvalue weighted by molar-refractivity contribution is 0.0697. The zero-order valence-electron chi connectivity index (χ0n) is 10.6. The summed E-state index contributed by atoms with van der Waals surface area (Å²) >= 11 is 0. The number of carbonyl (C=O) groups is 1. The zero-order valence-corrected chi connectivity index (χ0v) is 10.6. The number of fused-ring (bicyclic) bond motifs is 1. The van der Waals surface area contributed by atoms with Crippen LogP contribution in [0.3, 0.4) is 0 Å². The van der Waals surface area contributed by atoms with Gasteiger partial charge in [0.2, 0.25) is 0 Å². The van der Waals surface area contributed by atoms with Crippen LogP contribution >= 0.6 is 0 Å². The molecule has 3 rings (SSSR count). The lowest BCUT2D eigenvalue weighted by atomic mass is 10.1. The molecule has 2 N–H and O–H groups in total. The molecular formula is C15H11FN2O2. The molecule has 5 heteroatoms. The van der Waals surface area contributed by atoms with Gasteiger partial charge >= 0.3 is 5.97 Å². The summed E-state index contributed by atoms with van der Waals surface area (Å²) < 4.78 is 13.3. The van der Waals surface area contributed by atoms with Crippen LogP contribution in [-0.4, -0.2) is 21.0 Å². The Hall–Kier alpha value is -2.69. The summed E-state index contributed by atoms with van der Waals surface area (Å²) in [5, 5.41) is 8.96. The van der Waals surface area contributed by atoms with E-state index >= 15 is 0 Å². The number of H-pyrrole nitrogens is 1. The predicted molar refractivity (Wildman–Crippen MR) is 73.2 cm³/mol. The van der Waals surface area contributed by atoms with E-state index in [-0.39, 0.29) is 11.4 Å². The Morgan fingerprint density at radius 3 is 2.75 bits per heavy atom. The van der Waals surface area contributed by atoms with E-state index in [1.807, 2.05) is 0 Å². The molecule has 0 aliphatic carbocycles. The third kappa shape index (κ3) is 2.03. The molecule has 0 spiro atoms. The van der Waals surface area contributed by atoms with E-state index in [9.17, 15) is 9.18 Å². The van der Waals surface area contributed by atoms with Gasteiger partial charge in [-0.3, -0.25) is 0 Å². The van der Waals surface area contributed by atoms with Crippen molar-refractivity contribution in [1.29, 1.82) is 0 Å². The van der Waals surface area contributed by atoms with E-state index in [0.717, 1.165) is 5.56 Å². The Morgan fingerprint density at radius 2 is 2.05 bits per heavy atom. The van der Waals surface area contributed by atoms with Crippen LogP contribution < -0.4 is 0 Å². The molecule has 0 saturated carbocycles. The van der Waals surface area contributed by atoms with E-state index in [2.05, 4.69) is 9.97 Å². The summed E-state index contributed by atoms with van der Waals surface area (Å²) in [7, 11) is 0. The highest BCUT2D eigenvalue weighted by Crippen LogP contribution is 2.23. The van der Waals surface area contributed by atoms with Gasteiger partial charge in [-0.05, 0) is 48.9 Å². The van der Waals surface area contributed by atoms with Crippen LogP contribution in [0.2, 0.25) is 0 Å². The molecule has 0 bridgehead atoms. The maximum Gasteiger partial charge on any atom is 0.335 e. The average Bonchev–Trinajstić information content (AvgIpc) is 2.84. The van der Waals surface area contributed by atoms with E-state index in [4.69, 9.17) is 5.11 Å². The predicted octanol–water partition coefficient (Wildman–Crippen LogP) is 3.38. The van der Waals surface area contributed by atoms with Crippen LogP contribution in [-0.2, 0) is 0 Å². The van der Waals surface area contributed by atoms with Gasteiger partial charge in [0.1, 0.15) is 11.6 Å². The smallest absolute Gasteiger partial charge is 0.335 e. The quantitative estimate of drug-likeness (QED) is 0.750. The van der Waals surface area contributed by atoms with Gasteiger partial charge in [0.25, 0.3) is 0 Å². The Balaban J connectivity index is 2.12. The topological polar surface area (TPSA) is 66.0 Å². The number of aromatic carboxylic acids is 1. The third-order valence-electron chi connectivity index (χ3n) is 3.16. The molecule has 0 aliphatic rings. The molecule has 20 heavy (non-hydrogen) atoms. The van der Waals surface area contributed by atoms with Crippen molar-refractivity contribution >= 4 is 17.0 Å². The van der Waals surface area contributed by atoms with Crippen molar-refractivity contribution < 1.29 is 14.3 Å². The van der Waals surface area contributed by atoms with Gasteiger partial charge in [0, 0.05) is 5.56 Å². The van der Waals surface area contributed by atoms with Gasteiger partial charge in [-0.25, -0.2) is 14.2 Å². The molecule has 0 aliphatic heterocycles. The van der Waals surface area contributed by atoms with Gasteiger partial charge < -0.3 is 10.1 Å². The van der Waals surface area contributed by atoms with Crippen LogP contribution in [0.25, 0.3) is 22.4 Å². The number of benzene rings is 2. The van der Waals surface area contributed by atoms with Crippen LogP contribution in [0, 0.1) is 12.7 Å². The maximum atomic E-state index is 13.3. The molecular weight excluding hydrogens is 259 g/mol. The fourth-order valence-electron chi connectivity index (χ4n) is 2.07. The summed E-state index contributed by atoms with van der Waals surface area (Å²) in [6.07, 6.45) is 0. The summed E-state index contributed by atoms with van der Waals surface area (Å²) in [6, 6.07) is 9.41. The van der Waals surface area contributed by atoms with Crippen LogP contribution in [0.4, 0.5) is 4.39 Å². The Morgan fingerprint density at radius 1 is 1.25 bits per heavy atom. The average molecular weight is 270 g/mol. The van der Waals surface area contributed by atoms with Crippen molar-refractivity contribution in [3.8, 4) is 11.4 Å². The molecule has 100 valence electrons. The Labute approximate surface area is 113 Å². The van der Waals surface area contributed by atoms with E-state index in [1.54, 1.807) is 25.1 Å². The molecule has 0 fully saturated rings. The van der Waals surface area contributed by atoms with E-state index in [0.29, 0.717) is 22.4 Å². The standard InChI is InChI=1S/C15H11FN2O2/c1-8-6-9(2-4-11(8)16)14-17-12-5-3-10(15(19)20)7-13(12)18-14/h2-7H,1H3,(H,17,18)(H,19,20). The third-order valence-corrected chi connectivity index (χ3v) is 3.16. The fourth-order valence-corrected chi connectivity index (χ4v) is 2.07. The van der Waals surface area contributed by atoms with Crippen molar-refractivity contribution in [2.45, 2.75) is 6.92 Å². The van der Waals surface area contributed by atoms with Gasteiger partial charge in [-0.15, -0.1) is 0 Å². The molecule has 4 nitrogen and oxygen atoms in total. The fraction of sp³-hybridized carbons (Fsp3) is 0.0667. The molecule has 0 saturated heterocycles. The molecule has 0 amide bonds. The largest absolute Gasteiger partial charge is 0.478 e. The van der Waals surface area contributed by atoms with Gasteiger partial charge in [0.15, 0.2) is 0 Å². The molecule has 0 atom stereocenters. The number of nitrogens with one attached hydrogen (secondary N) is 1. The second kappa shape index (κ2) is 4.45. The first kappa shape index (κ1) is 12.3. The Bertz CT molecular complexity index is 824. The summed E-state index contributed by atoms with van der Waals surface area (Å²) in [4.78, 5) is 18.4. The molecule has 1 heterocycles. The summed E-state index contributed by atoms with van der Waals surface area (Å²) in [5.74, 6) is -0.663. The summed E-state index contributed by atoms with van der Waals surface area (Å²) in [5.41, 5.74) is 2.81. The lowest BCUT2D eigenvalue weighted by Gasteiger charge is -1.99. The van der Waals surface area contributed by atoms with Gasteiger partial charge in [-0.2, -0.15) is 0 Å². The number of rotatable bonds is 2. The maximum absolute atomic E-state index is 13.3. The first-order chi connectivity index (χ1) is 9.54. The number of nitrogens with zero attached hydrogens (tertiary/aromatic N) is 1. The minimum absolute atomic E-state index is 0.197. The normalized spacial score (nSPS) is 10.9. The van der Waals surface area contributed by atoms with Crippen LogP contribution in [0.15, 0.2) is 36.4 Å². The zero-order chi connectivity index (χ0) is 14.3. The van der Waals surface area contributed by atoms with Crippen LogP contribution in [0.5, 0.6) is 0 Å². The molecule has 2 aromatic carbocycles. The van der Waals surface area contributed by atoms with Crippen LogP contribution in [0.1, 0.15) is 15.9 Å². The number of halogens is 1. The molecule has 0 radical (unpaired) electrons. The first-order valence-corrected chi connectivity index (χ1v) is 6.04. The first-order valence-electron chi connectivity index (χ1n) is 6.04. The highest BCUT2D eigenvalue weighted by Gasteiger charge is 2.09. The monoisotopic (exact) mass is 270 g/mol. The number of aryl methyl sites for hydroxylation is 1. The van der Waals surface area contributed by atoms with Crippen molar-refractivity contribution in [2.24, 2.45) is 0 Å². The summed E-state index contributed by atoms with van der Waals surface area (Å²) in [6.45, 7) is 1.68. The Kier molecular flexibility index (Phi) is 2.75.